The molecule has 123 valence electrons. The number of Topliss-reactive ketones (excluding diaryl/α,β-unsaturated/α-hetero) is 1. The van der Waals surface area contributed by atoms with Crippen molar-refractivity contribution in [3.8, 4) is 0 Å². The van der Waals surface area contributed by atoms with E-state index < -0.39 is 60.5 Å². The molecule has 22 heavy (non-hydrogen) atoms. The number of carboxylic acid groups (broad SMARTS) is 1. The van der Waals surface area contributed by atoms with Crippen molar-refractivity contribution in [2.75, 3.05) is 6.61 Å². The Labute approximate surface area is 147 Å². The molecule has 0 spiro atoms. The van der Waals surface area contributed by atoms with Crippen LogP contribution in [0.5, 0.6) is 0 Å². The normalized spacial score (nSPS) is 37.8. The van der Waals surface area contributed by atoms with E-state index in [9.17, 15) is 30.0 Å². The molecule has 10 nitrogen and oxygen atoms in total. The largest absolute Gasteiger partial charge is 0.477 e. The van der Waals surface area contributed by atoms with Gasteiger partial charge in [-0.25, -0.2) is 4.79 Å². The fourth-order valence-electron chi connectivity index (χ4n) is 2.33. The Bertz CT molecular complexity index is 422. The minimum absolute atomic E-state index is 0. The molecule has 1 heterocycles. The average Bonchev–Trinajstić information content (AvgIpc) is 2.40. The van der Waals surface area contributed by atoms with Gasteiger partial charge in [-0.15, -0.1) is 0 Å². The number of rotatable bonds is 5. The number of ketones is 1. The molecule has 2 unspecified atom stereocenters. The monoisotopic (exact) mass is 332 g/mol. The van der Waals surface area contributed by atoms with Crippen molar-refractivity contribution in [3.63, 3.8) is 0 Å². The van der Waals surface area contributed by atoms with Crippen LogP contribution in [-0.2, 0) is 14.3 Å². The van der Waals surface area contributed by atoms with Gasteiger partial charge in [0, 0.05) is 29.6 Å². The second-order valence-electron chi connectivity index (χ2n) is 4.98. The van der Waals surface area contributed by atoms with Crippen molar-refractivity contribution in [2.24, 2.45) is 11.7 Å². The van der Waals surface area contributed by atoms with Gasteiger partial charge >= 0.3 is 5.97 Å². The van der Waals surface area contributed by atoms with Crippen molar-refractivity contribution < 1.29 is 45.0 Å². The molecule has 0 aromatic rings. The number of aliphatic hydroxyl groups is 5. The molecule has 0 aromatic carbocycles. The van der Waals surface area contributed by atoms with Crippen LogP contribution in [0.4, 0.5) is 0 Å². The third-order valence-electron chi connectivity index (χ3n) is 3.51. The molecule has 0 saturated carbocycles. The van der Waals surface area contributed by atoms with Crippen molar-refractivity contribution in [1.82, 2.24) is 0 Å². The van der Waals surface area contributed by atoms with E-state index in [-0.39, 0.29) is 29.6 Å². The molecule has 1 aliphatic rings. The quantitative estimate of drug-likeness (QED) is 0.241. The molecule has 1 aliphatic heterocycles. The molecule has 0 amide bonds. The first-order valence-electron chi connectivity index (χ1n) is 6.12. The number of nitrogens with two attached hydrogens (primary N) is 1. The van der Waals surface area contributed by atoms with Gasteiger partial charge < -0.3 is 41.1 Å². The predicted octanol–water partition coefficient (Wildman–Crippen LogP) is -4.61. The number of aliphatic carboxylic acids is 1. The Morgan fingerprint density at radius 3 is 2.23 bits per heavy atom. The summed E-state index contributed by atoms with van der Waals surface area (Å²) in [5.74, 6) is -7.80. The first-order valence-corrected chi connectivity index (χ1v) is 6.12. The van der Waals surface area contributed by atoms with Crippen molar-refractivity contribution >= 4 is 41.3 Å². The number of carbonyl (C=O) groups excluding carboxylic acids is 1. The Morgan fingerprint density at radius 2 is 1.86 bits per heavy atom. The fraction of sp³-hybridized carbons (Fsp3) is 0.818. The van der Waals surface area contributed by atoms with E-state index in [4.69, 9.17) is 20.7 Å². The minimum atomic E-state index is -3.11. The maximum atomic E-state index is 11.5. The summed E-state index contributed by atoms with van der Waals surface area (Å²) in [6.45, 7) is 0.0582. The summed E-state index contributed by atoms with van der Waals surface area (Å²) in [6.07, 6.45) is -7.15. The SMILES string of the molecule is CC(=O)C1[C@H](O)[C@@H](N)[C@H]([C@H](O)[C@H](O)CO)OC1(O)C(=O)O.[Na]. The van der Waals surface area contributed by atoms with Gasteiger partial charge in [-0.1, -0.05) is 0 Å². The summed E-state index contributed by atoms with van der Waals surface area (Å²) in [4.78, 5) is 22.6. The van der Waals surface area contributed by atoms with E-state index in [1.165, 1.54) is 0 Å². The second kappa shape index (κ2) is 8.11. The maximum absolute atomic E-state index is 11.5. The first-order chi connectivity index (χ1) is 9.57. The number of ether oxygens (including phenoxy) is 1. The Hall–Kier alpha value is -0.140. The smallest absolute Gasteiger partial charge is 0.365 e. The van der Waals surface area contributed by atoms with Gasteiger partial charge in [0.05, 0.1) is 18.8 Å². The number of hydrogen-bond acceptors (Lipinski definition) is 9. The van der Waals surface area contributed by atoms with E-state index in [2.05, 4.69) is 0 Å². The molecule has 1 radical (unpaired) electrons. The molecule has 0 aromatic heterocycles. The van der Waals surface area contributed by atoms with Crippen LogP contribution >= 0.6 is 0 Å². The van der Waals surface area contributed by atoms with Crippen molar-refractivity contribution in [3.05, 3.63) is 0 Å². The fourth-order valence-corrected chi connectivity index (χ4v) is 2.33. The molecule has 7 atom stereocenters. The van der Waals surface area contributed by atoms with E-state index in [0.717, 1.165) is 6.92 Å². The molecule has 1 saturated heterocycles. The zero-order valence-corrected chi connectivity index (χ0v) is 14.2. The number of carboxylic acids is 1. The molecule has 0 aliphatic carbocycles. The van der Waals surface area contributed by atoms with E-state index in [1.54, 1.807) is 0 Å². The topological polar surface area (TPSA) is 191 Å². The van der Waals surface area contributed by atoms with Crippen LogP contribution in [0.2, 0.25) is 0 Å². The van der Waals surface area contributed by atoms with E-state index >= 15 is 0 Å². The van der Waals surface area contributed by atoms with Crippen LogP contribution < -0.4 is 5.73 Å². The average molecular weight is 332 g/mol. The van der Waals surface area contributed by atoms with Crippen LogP contribution in [0.15, 0.2) is 0 Å². The van der Waals surface area contributed by atoms with Crippen LogP contribution in [-0.4, -0.2) is 115 Å². The van der Waals surface area contributed by atoms with Crippen molar-refractivity contribution in [1.29, 1.82) is 0 Å². The Morgan fingerprint density at radius 1 is 1.36 bits per heavy atom. The van der Waals surface area contributed by atoms with Crippen LogP contribution in [0, 0.1) is 5.92 Å². The summed E-state index contributed by atoms with van der Waals surface area (Å²) in [7, 11) is 0. The zero-order chi connectivity index (χ0) is 16.5. The Kier molecular flexibility index (Phi) is 8.05. The molecule has 1 fully saturated rings. The molecule has 1 rings (SSSR count). The van der Waals surface area contributed by atoms with Crippen LogP contribution in [0.3, 0.4) is 0 Å². The summed E-state index contributed by atoms with van der Waals surface area (Å²) < 4.78 is 4.81. The molecular weight excluding hydrogens is 313 g/mol. The summed E-state index contributed by atoms with van der Waals surface area (Å²) >= 11 is 0. The van der Waals surface area contributed by atoms with Crippen molar-refractivity contribution in [2.45, 2.75) is 43.2 Å². The first kappa shape index (κ1) is 21.9. The van der Waals surface area contributed by atoms with Gasteiger partial charge in [-0.2, -0.15) is 0 Å². The summed E-state index contributed by atoms with van der Waals surface area (Å²) in [6, 6.07) is -1.46. The maximum Gasteiger partial charge on any atom is 0.365 e. The van der Waals surface area contributed by atoms with Gasteiger partial charge in [0.1, 0.15) is 30.0 Å². The second-order valence-corrected chi connectivity index (χ2v) is 4.98. The number of hydrogen-bond donors (Lipinski definition) is 7. The van der Waals surface area contributed by atoms with E-state index in [1.807, 2.05) is 0 Å². The number of aliphatic hydroxyl groups excluding tert-OH is 4. The van der Waals surface area contributed by atoms with Gasteiger partial charge in [0.25, 0.3) is 5.79 Å². The number of carbonyl (C=O) groups is 2. The summed E-state index contributed by atoms with van der Waals surface area (Å²) in [5, 5.41) is 56.9. The molecular formula is C11H19NNaO9. The van der Waals surface area contributed by atoms with Gasteiger partial charge in [0.2, 0.25) is 0 Å². The van der Waals surface area contributed by atoms with Gasteiger partial charge in [-0.3, -0.25) is 4.79 Å². The van der Waals surface area contributed by atoms with Gasteiger partial charge in [0.15, 0.2) is 0 Å². The molecule has 0 bridgehead atoms. The standard InChI is InChI=1S/C11H19NO9.Na/c1-3(14)5-8(17)6(12)9(7(16)4(15)2-13)21-11(5,20)10(18)19;/h4-9,13,15-17,20H,2,12H2,1H3,(H,18,19);/t4-,5?,6-,7-,8+,9-,11?;/m1./s1. The third kappa shape index (κ3) is 3.85. The predicted molar refractivity (Wildman–Crippen MR) is 70.5 cm³/mol. The van der Waals surface area contributed by atoms with Crippen LogP contribution in [0.25, 0.3) is 0 Å². The zero-order valence-electron chi connectivity index (χ0n) is 12.2. The minimum Gasteiger partial charge on any atom is -0.477 e. The van der Waals surface area contributed by atoms with E-state index in [0.29, 0.717) is 0 Å². The molecule has 8 N–H and O–H groups in total. The third-order valence-corrected chi connectivity index (χ3v) is 3.51. The molecule has 11 heteroatoms. The van der Waals surface area contributed by atoms with Crippen LogP contribution in [0.1, 0.15) is 6.92 Å². The summed E-state index contributed by atoms with van der Waals surface area (Å²) in [5.41, 5.74) is 5.58. The van der Waals surface area contributed by atoms with Gasteiger partial charge in [-0.05, 0) is 6.92 Å². The Balaban J connectivity index is 0.00000441.